The number of likely N-dealkylation sites (N-methyl/N-ethyl adjacent to an activating group) is 1. The van der Waals surface area contributed by atoms with E-state index in [-0.39, 0.29) is 11.7 Å². The number of benzene rings is 2. The molecule has 2 nitrogen and oxygen atoms in total. The van der Waals surface area contributed by atoms with E-state index < -0.39 is 6.10 Å². The summed E-state index contributed by atoms with van der Waals surface area (Å²) in [7, 11) is 0. The smallest absolute Gasteiger partial charge is 0.123 e. The second-order valence-electron chi connectivity index (χ2n) is 5.33. The predicted molar refractivity (Wildman–Crippen MR) is 88.8 cm³/mol. The van der Waals surface area contributed by atoms with Gasteiger partial charge in [0.2, 0.25) is 0 Å². The molecule has 2 aromatic rings. The Hall–Kier alpha value is -1.42. The average Bonchev–Trinajstić information content (AvgIpc) is 2.51. The Labute approximate surface area is 135 Å². The normalized spacial score (nSPS) is 13.8. The topological polar surface area (TPSA) is 32.3 Å². The molecule has 0 aromatic heterocycles. The highest BCUT2D eigenvalue weighted by Gasteiger charge is 2.22. The molecular weight excluding hydrogens is 301 g/mol. The van der Waals surface area contributed by atoms with Gasteiger partial charge in [-0.15, -0.1) is 0 Å². The first kappa shape index (κ1) is 16.9. The lowest BCUT2D eigenvalue weighted by Gasteiger charge is -2.24. The number of rotatable bonds is 7. The van der Waals surface area contributed by atoms with Gasteiger partial charge in [-0.3, -0.25) is 0 Å². The number of nitrogens with one attached hydrogen (secondary N) is 1. The van der Waals surface area contributed by atoms with Gasteiger partial charge < -0.3 is 10.4 Å². The molecule has 0 saturated carbocycles. The maximum Gasteiger partial charge on any atom is 0.123 e. The van der Waals surface area contributed by atoms with Crippen LogP contribution in [-0.4, -0.2) is 24.3 Å². The Morgan fingerprint density at radius 3 is 2.64 bits per heavy atom. The summed E-state index contributed by atoms with van der Waals surface area (Å²) < 4.78 is 13.5. The van der Waals surface area contributed by atoms with Crippen molar-refractivity contribution in [3.05, 3.63) is 70.5 Å². The summed E-state index contributed by atoms with van der Waals surface area (Å²) in [5.74, 6) is -0.507. The van der Waals surface area contributed by atoms with E-state index in [4.69, 9.17) is 11.6 Å². The maximum atomic E-state index is 13.5. The van der Waals surface area contributed by atoms with Crippen LogP contribution in [0.25, 0.3) is 0 Å². The first-order chi connectivity index (χ1) is 10.6. The van der Waals surface area contributed by atoms with Crippen molar-refractivity contribution >= 4 is 11.6 Å². The molecule has 0 aliphatic carbocycles. The molecule has 0 saturated heterocycles. The largest absolute Gasteiger partial charge is 0.391 e. The van der Waals surface area contributed by atoms with Crippen LogP contribution in [0.15, 0.2) is 48.5 Å². The fourth-order valence-electron chi connectivity index (χ4n) is 2.55. The Bertz CT molecular complexity index is 605. The van der Waals surface area contributed by atoms with E-state index in [9.17, 15) is 9.50 Å². The van der Waals surface area contributed by atoms with Gasteiger partial charge >= 0.3 is 0 Å². The van der Waals surface area contributed by atoms with Gasteiger partial charge in [0.05, 0.1) is 6.10 Å². The summed E-state index contributed by atoms with van der Waals surface area (Å²) in [5.41, 5.74) is 1.74. The van der Waals surface area contributed by atoms with Crippen LogP contribution in [0.3, 0.4) is 0 Å². The van der Waals surface area contributed by atoms with Crippen molar-refractivity contribution in [1.82, 2.24) is 5.32 Å². The minimum absolute atomic E-state index is 0.213. The summed E-state index contributed by atoms with van der Waals surface area (Å²) in [4.78, 5) is 0. The van der Waals surface area contributed by atoms with Crippen LogP contribution < -0.4 is 5.32 Å². The highest BCUT2D eigenvalue weighted by atomic mass is 35.5. The van der Waals surface area contributed by atoms with Crippen molar-refractivity contribution in [2.24, 2.45) is 0 Å². The summed E-state index contributed by atoms with van der Waals surface area (Å²) in [6, 6.07) is 14.0. The van der Waals surface area contributed by atoms with Gasteiger partial charge in [-0.2, -0.15) is 0 Å². The third-order valence-electron chi connectivity index (χ3n) is 3.74. The molecule has 4 heteroatoms. The Morgan fingerprint density at radius 1 is 1.18 bits per heavy atom. The predicted octanol–water partition coefficient (Wildman–Crippen LogP) is 3.78. The highest BCUT2D eigenvalue weighted by Crippen LogP contribution is 2.28. The Morgan fingerprint density at radius 2 is 1.95 bits per heavy atom. The van der Waals surface area contributed by atoms with Crippen LogP contribution in [-0.2, 0) is 6.42 Å². The molecule has 118 valence electrons. The SMILES string of the molecule is CCNC[C@H](O)C(Cc1ccccc1Cl)c1cccc(F)c1. The third-order valence-corrected chi connectivity index (χ3v) is 4.11. The molecule has 0 fully saturated rings. The molecule has 0 spiro atoms. The van der Waals surface area contributed by atoms with E-state index in [2.05, 4.69) is 5.32 Å². The first-order valence-electron chi connectivity index (χ1n) is 7.49. The molecule has 2 aromatic carbocycles. The minimum atomic E-state index is -0.613. The summed E-state index contributed by atoms with van der Waals surface area (Å²) in [6.07, 6.45) is -0.0478. The number of hydrogen-bond donors (Lipinski definition) is 2. The van der Waals surface area contributed by atoms with Crippen LogP contribution in [0.2, 0.25) is 5.02 Å². The lowest BCUT2D eigenvalue weighted by Crippen LogP contribution is -2.32. The molecule has 22 heavy (non-hydrogen) atoms. The Kier molecular flexibility index (Phi) is 6.37. The molecular formula is C18H21ClFNO. The average molecular weight is 322 g/mol. The van der Waals surface area contributed by atoms with Crippen molar-refractivity contribution in [1.29, 1.82) is 0 Å². The van der Waals surface area contributed by atoms with Gasteiger partial charge in [0.15, 0.2) is 0 Å². The van der Waals surface area contributed by atoms with Crippen molar-refractivity contribution in [2.75, 3.05) is 13.1 Å². The van der Waals surface area contributed by atoms with Gasteiger partial charge in [0, 0.05) is 17.5 Å². The van der Waals surface area contributed by atoms with Crippen LogP contribution in [0.5, 0.6) is 0 Å². The van der Waals surface area contributed by atoms with Crippen molar-refractivity contribution in [3.8, 4) is 0 Å². The van der Waals surface area contributed by atoms with Gasteiger partial charge in [-0.25, -0.2) is 4.39 Å². The monoisotopic (exact) mass is 321 g/mol. The number of hydrogen-bond acceptors (Lipinski definition) is 2. The molecule has 2 atom stereocenters. The molecule has 0 radical (unpaired) electrons. The second kappa shape index (κ2) is 8.28. The molecule has 0 heterocycles. The molecule has 0 aliphatic heterocycles. The zero-order valence-electron chi connectivity index (χ0n) is 12.6. The third kappa shape index (κ3) is 4.54. The summed E-state index contributed by atoms with van der Waals surface area (Å²) >= 11 is 6.22. The minimum Gasteiger partial charge on any atom is -0.391 e. The van der Waals surface area contributed by atoms with E-state index in [1.807, 2.05) is 37.3 Å². The maximum absolute atomic E-state index is 13.5. The van der Waals surface area contributed by atoms with Crippen molar-refractivity contribution in [2.45, 2.75) is 25.4 Å². The lowest BCUT2D eigenvalue weighted by molar-refractivity contribution is 0.140. The second-order valence-corrected chi connectivity index (χ2v) is 5.74. The number of halogens is 2. The van der Waals surface area contributed by atoms with Crippen LogP contribution in [0, 0.1) is 5.82 Å². The number of aliphatic hydroxyl groups excluding tert-OH is 1. The zero-order chi connectivity index (χ0) is 15.9. The van der Waals surface area contributed by atoms with E-state index in [1.54, 1.807) is 6.07 Å². The highest BCUT2D eigenvalue weighted by molar-refractivity contribution is 6.31. The summed E-state index contributed by atoms with van der Waals surface area (Å²) in [6.45, 7) is 3.22. The molecule has 0 bridgehead atoms. The fraction of sp³-hybridized carbons (Fsp3) is 0.333. The van der Waals surface area contributed by atoms with Crippen molar-refractivity contribution < 1.29 is 9.50 Å². The first-order valence-corrected chi connectivity index (χ1v) is 7.87. The molecule has 1 unspecified atom stereocenters. The van der Waals surface area contributed by atoms with Gasteiger partial charge in [0.1, 0.15) is 5.82 Å². The zero-order valence-corrected chi connectivity index (χ0v) is 13.4. The van der Waals surface area contributed by atoms with Gasteiger partial charge in [-0.05, 0) is 42.3 Å². The molecule has 2 N–H and O–H groups in total. The van der Waals surface area contributed by atoms with E-state index >= 15 is 0 Å². The quantitative estimate of drug-likeness (QED) is 0.813. The van der Waals surface area contributed by atoms with E-state index in [1.165, 1.54) is 12.1 Å². The Balaban J connectivity index is 2.27. The van der Waals surface area contributed by atoms with Crippen LogP contribution in [0.4, 0.5) is 4.39 Å². The fourth-order valence-corrected chi connectivity index (χ4v) is 2.76. The van der Waals surface area contributed by atoms with Gasteiger partial charge in [-0.1, -0.05) is 48.9 Å². The molecule has 0 aliphatic rings. The summed E-state index contributed by atoms with van der Waals surface area (Å²) in [5, 5.41) is 14.3. The van der Waals surface area contributed by atoms with E-state index in [0.717, 1.165) is 17.7 Å². The lowest BCUT2D eigenvalue weighted by atomic mass is 9.87. The van der Waals surface area contributed by atoms with Crippen LogP contribution >= 0.6 is 11.6 Å². The van der Waals surface area contributed by atoms with Crippen LogP contribution in [0.1, 0.15) is 24.0 Å². The van der Waals surface area contributed by atoms with Gasteiger partial charge in [0.25, 0.3) is 0 Å². The van der Waals surface area contributed by atoms with Crippen molar-refractivity contribution in [3.63, 3.8) is 0 Å². The van der Waals surface area contributed by atoms with E-state index in [0.29, 0.717) is 18.0 Å². The molecule has 0 amide bonds. The molecule has 2 rings (SSSR count). The standard InChI is InChI=1S/C18H21ClFNO/c1-2-21-12-18(22)16(13-7-5-8-15(20)10-13)11-14-6-3-4-9-17(14)19/h3-10,16,18,21-22H,2,11-12H2,1H3/t16?,18-/m0/s1. The number of aliphatic hydroxyl groups is 1.